The van der Waals surface area contributed by atoms with Crippen molar-refractivity contribution in [2.75, 3.05) is 5.43 Å². The molecule has 3 unspecified atom stereocenters. The van der Waals surface area contributed by atoms with Gasteiger partial charge in [-0.3, -0.25) is 9.59 Å². The van der Waals surface area contributed by atoms with Gasteiger partial charge in [0.05, 0.1) is 5.39 Å². The Hall–Kier alpha value is -3.09. The van der Waals surface area contributed by atoms with Crippen molar-refractivity contribution in [3.8, 4) is 11.3 Å². The van der Waals surface area contributed by atoms with Crippen molar-refractivity contribution in [3.63, 3.8) is 0 Å². The highest BCUT2D eigenvalue weighted by atomic mass is 19.1. The number of carbonyl (C=O) groups is 1. The van der Waals surface area contributed by atoms with Gasteiger partial charge >= 0.3 is 0 Å². The third kappa shape index (κ3) is 3.28. The van der Waals surface area contributed by atoms with Crippen LogP contribution < -0.4 is 11.0 Å². The zero-order chi connectivity index (χ0) is 20.8. The normalized spacial score (nSPS) is 22.5. The van der Waals surface area contributed by atoms with E-state index in [1.165, 1.54) is 25.3 Å². The molecule has 5 nitrogen and oxygen atoms in total. The Morgan fingerprint density at radius 3 is 2.60 bits per heavy atom. The predicted octanol–water partition coefficient (Wildman–Crippen LogP) is 4.24. The number of halogens is 2. The first-order chi connectivity index (χ1) is 14.5. The lowest BCUT2D eigenvalue weighted by atomic mass is 9.86. The van der Waals surface area contributed by atoms with Gasteiger partial charge in [-0.15, -0.1) is 9.89 Å². The van der Waals surface area contributed by atoms with Crippen molar-refractivity contribution in [2.24, 2.45) is 17.8 Å². The summed E-state index contributed by atoms with van der Waals surface area (Å²) in [4.78, 5) is 26.4. The summed E-state index contributed by atoms with van der Waals surface area (Å²) in [5.74, 6) is -0.107. The molecule has 2 saturated carbocycles. The number of nitrogens with one attached hydrogen (secondary N) is 1. The van der Waals surface area contributed by atoms with E-state index in [-0.39, 0.29) is 17.2 Å². The zero-order valence-corrected chi connectivity index (χ0v) is 16.3. The largest absolute Gasteiger partial charge is 0.294 e. The van der Waals surface area contributed by atoms with Crippen LogP contribution in [0.4, 0.5) is 8.78 Å². The fourth-order valence-electron chi connectivity index (χ4n) is 5.17. The molecule has 1 aromatic heterocycles. The fourth-order valence-corrected chi connectivity index (χ4v) is 5.17. The van der Waals surface area contributed by atoms with Gasteiger partial charge in [-0.05, 0) is 55.2 Å². The van der Waals surface area contributed by atoms with E-state index in [0.717, 1.165) is 29.3 Å². The Bertz CT molecular complexity index is 1210. The second kappa shape index (κ2) is 7.31. The van der Waals surface area contributed by atoms with Gasteiger partial charge in [0, 0.05) is 23.4 Å². The lowest BCUT2D eigenvalue weighted by Gasteiger charge is -2.21. The summed E-state index contributed by atoms with van der Waals surface area (Å²) >= 11 is 0. The molecule has 2 aliphatic rings. The SMILES string of the molecule is O=C(CC1CC2CCC1C2)Nn1nc(-c2ccc(F)cc2F)c2ccccc2c1=O. The molecule has 0 radical (unpaired) electrons. The summed E-state index contributed by atoms with van der Waals surface area (Å²) in [7, 11) is 0. The van der Waals surface area contributed by atoms with Crippen molar-refractivity contribution >= 4 is 16.7 Å². The molecule has 2 bridgehead atoms. The Morgan fingerprint density at radius 2 is 1.90 bits per heavy atom. The van der Waals surface area contributed by atoms with E-state index in [1.54, 1.807) is 24.3 Å². The zero-order valence-electron chi connectivity index (χ0n) is 16.3. The van der Waals surface area contributed by atoms with Crippen LogP contribution in [-0.2, 0) is 4.79 Å². The first-order valence-electron chi connectivity index (χ1n) is 10.3. The molecule has 3 atom stereocenters. The maximum absolute atomic E-state index is 14.5. The van der Waals surface area contributed by atoms with E-state index >= 15 is 0 Å². The van der Waals surface area contributed by atoms with Crippen LogP contribution in [0, 0.1) is 29.4 Å². The van der Waals surface area contributed by atoms with Gasteiger partial charge < -0.3 is 0 Å². The van der Waals surface area contributed by atoms with E-state index in [9.17, 15) is 18.4 Å². The smallest absolute Gasteiger partial charge is 0.273 e. The first-order valence-corrected chi connectivity index (χ1v) is 10.3. The highest BCUT2D eigenvalue weighted by molar-refractivity contribution is 5.94. The van der Waals surface area contributed by atoms with Crippen LogP contribution in [0.25, 0.3) is 22.0 Å². The van der Waals surface area contributed by atoms with Gasteiger partial charge in [-0.25, -0.2) is 14.2 Å². The molecule has 0 saturated heterocycles. The van der Waals surface area contributed by atoms with Crippen LogP contribution in [0.5, 0.6) is 0 Å². The van der Waals surface area contributed by atoms with Crippen LogP contribution >= 0.6 is 0 Å². The second-order valence-corrected chi connectivity index (χ2v) is 8.41. The van der Waals surface area contributed by atoms with Crippen molar-refractivity contribution in [1.29, 1.82) is 0 Å². The van der Waals surface area contributed by atoms with Crippen molar-refractivity contribution in [2.45, 2.75) is 32.1 Å². The van der Waals surface area contributed by atoms with Gasteiger partial charge in [0.25, 0.3) is 5.56 Å². The van der Waals surface area contributed by atoms with Gasteiger partial charge in [-0.1, -0.05) is 24.6 Å². The minimum atomic E-state index is -0.786. The Labute approximate surface area is 171 Å². The Morgan fingerprint density at radius 1 is 1.10 bits per heavy atom. The Kier molecular flexibility index (Phi) is 4.60. The predicted molar refractivity (Wildman–Crippen MR) is 109 cm³/mol. The molecule has 154 valence electrons. The lowest BCUT2D eigenvalue weighted by Crippen LogP contribution is -2.36. The average Bonchev–Trinajstić information content (AvgIpc) is 3.34. The van der Waals surface area contributed by atoms with Gasteiger partial charge in [0.1, 0.15) is 17.3 Å². The van der Waals surface area contributed by atoms with E-state index < -0.39 is 17.2 Å². The maximum Gasteiger partial charge on any atom is 0.294 e. The summed E-state index contributed by atoms with van der Waals surface area (Å²) < 4.78 is 27.8. The van der Waals surface area contributed by atoms with Crippen LogP contribution in [0.2, 0.25) is 0 Å². The number of hydrogen-bond acceptors (Lipinski definition) is 3. The van der Waals surface area contributed by atoms with E-state index in [0.29, 0.717) is 29.0 Å². The van der Waals surface area contributed by atoms with Gasteiger partial charge in [0.2, 0.25) is 5.91 Å². The molecule has 0 aliphatic heterocycles. The second-order valence-electron chi connectivity index (χ2n) is 8.41. The molecule has 2 fully saturated rings. The summed E-state index contributed by atoms with van der Waals surface area (Å²) in [6, 6.07) is 9.85. The summed E-state index contributed by atoms with van der Waals surface area (Å²) in [6.45, 7) is 0. The molecule has 30 heavy (non-hydrogen) atoms. The van der Waals surface area contributed by atoms with Crippen molar-refractivity contribution in [1.82, 2.24) is 9.89 Å². The topological polar surface area (TPSA) is 64.0 Å². The van der Waals surface area contributed by atoms with Crippen LogP contribution in [0.3, 0.4) is 0 Å². The standard InChI is InChI=1S/C23H21F2N3O2/c24-16-7-8-19(20(25)12-16)22-17-3-1-2-4-18(17)23(30)28(27-22)26-21(29)11-15-10-13-5-6-14(15)9-13/h1-4,7-8,12-15H,5-6,9-11H2,(H,26,29). The molecule has 7 heteroatoms. The number of fused-ring (bicyclic) bond motifs is 3. The van der Waals surface area contributed by atoms with Gasteiger partial charge in [0.15, 0.2) is 0 Å². The number of benzene rings is 2. The number of nitrogens with zero attached hydrogens (tertiary/aromatic N) is 2. The van der Waals surface area contributed by atoms with E-state index in [1.807, 2.05) is 0 Å². The lowest BCUT2D eigenvalue weighted by molar-refractivity contribution is -0.118. The van der Waals surface area contributed by atoms with Crippen LogP contribution in [0.1, 0.15) is 32.1 Å². The molecular formula is C23H21F2N3O2. The highest BCUT2D eigenvalue weighted by Crippen LogP contribution is 2.49. The van der Waals surface area contributed by atoms with E-state index in [2.05, 4.69) is 10.5 Å². The molecule has 1 amide bonds. The summed E-state index contributed by atoms with van der Waals surface area (Å²) in [5.41, 5.74) is 2.33. The summed E-state index contributed by atoms with van der Waals surface area (Å²) in [6.07, 6.45) is 5.03. The van der Waals surface area contributed by atoms with Crippen LogP contribution in [-0.4, -0.2) is 15.8 Å². The first kappa shape index (κ1) is 18.9. The minimum absolute atomic E-state index is 0.0590. The monoisotopic (exact) mass is 409 g/mol. The van der Waals surface area contributed by atoms with Gasteiger partial charge in [-0.2, -0.15) is 0 Å². The minimum Gasteiger partial charge on any atom is -0.273 e. The third-order valence-corrected chi connectivity index (χ3v) is 6.55. The molecule has 3 aromatic rings. The van der Waals surface area contributed by atoms with E-state index in [4.69, 9.17) is 0 Å². The number of carbonyl (C=O) groups excluding carboxylic acids is 1. The number of amides is 1. The highest BCUT2D eigenvalue weighted by Gasteiger charge is 2.40. The molecule has 5 rings (SSSR count). The number of rotatable bonds is 4. The molecule has 2 aromatic carbocycles. The molecule has 1 heterocycles. The van der Waals surface area contributed by atoms with Crippen LogP contribution in [0.15, 0.2) is 47.3 Å². The average molecular weight is 409 g/mol. The fraction of sp³-hybridized carbons (Fsp3) is 0.348. The number of aromatic nitrogens is 2. The Balaban J connectivity index is 1.51. The third-order valence-electron chi connectivity index (χ3n) is 6.55. The maximum atomic E-state index is 14.5. The molecule has 1 N–H and O–H groups in total. The number of hydrogen-bond donors (Lipinski definition) is 1. The van der Waals surface area contributed by atoms with Crippen molar-refractivity contribution < 1.29 is 13.6 Å². The molecular weight excluding hydrogens is 388 g/mol. The molecule has 0 spiro atoms. The van der Waals surface area contributed by atoms with Crippen molar-refractivity contribution in [3.05, 3.63) is 64.5 Å². The summed E-state index contributed by atoms with van der Waals surface area (Å²) in [5, 5.41) is 4.97. The quantitative estimate of drug-likeness (QED) is 0.701. The molecule has 2 aliphatic carbocycles.